The van der Waals surface area contributed by atoms with Crippen LogP contribution in [-0.4, -0.2) is 35.2 Å². The maximum Gasteiger partial charge on any atom is 0.158 e. The Balaban J connectivity index is 2.05. The molecule has 1 unspecified atom stereocenters. The summed E-state index contributed by atoms with van der Waals surface area (Å²) in [6.07, 6.45) is 2.68. The van der Waals surface area contributed by atoms with Crippen LogP contribution in [0.25, 0.3) is 0 Å². The van der Waals surface area contributed by atoms with Crippen LogP contribution in [-0.2, 0) is 20.3 Å². The van der Waals surface area contributed by atoms with Crippen molar-refractivity contribution in [1.82, 2.24) is 0 Å². The first-order chi connectivity index (χ1) is 7.18. The summed E-state index contributed by atoms with van der Waals surface area (Å²) in [6.45, 7) is 5.88. The SMILES string of the molecule is CC(C)CCS(=O)CCC1OCCCO1. The highest BCUT2D eigenvalue weighted by molar-refractivity contribution is 7.84. The third-order valence-electron chi connectivity index (χ3n) is 2.40. The minimum atomic E-state index is -0.702. The van der Waals surface area contributed by atoms with Gasteiger partial charge in [-0.05, 0) is 18.8 Å². The molecule has 0 aromatic carbocycles. The molecule has 0 saturated carbocycles. The topological polar surface area (TPSA) is 35.5 Å². The van der Waals surface area contributed by atoms with Crippen LogP contribution in [0.3, 0.4) is 0 Å². The average Bonchev–Trinajstić information content (AvgIpc) is 2.25. The van der Waals surface area contributed by atoms with Crippen LogP contribution < -0.4 is 0 Å². The fraction of sp³-hybridized carbons (Fsp3) is 1.00. The lowest BCUT2D eigenvalue weighted by atomic mass is 10.2. The van der Waals surface area contributed by atoms with Crippen molar-refractivity contribution in [3.63, 3.8) is 0 Å². The monoisotopic (exact) mass is 234 g/mol. The predicted molar refractivity (Wildman–Crippen MR) is 62.3 cm³/mol. The van der Waals surface area contributed by atoms with Crippen LogP contribution >= 0.6 is 0 Å². The van der Waals surface area contributed by atoms with Gasteiger partial charge in [-0.25, -0.2) is 0 Å². The molecule has 3 nitrogen and oxygen atoms in total. The standard InChI is InChI=1S/C11H22O3S/c1-10(2)4-8-15(12)9-5-11-13-6-3-7-14-11/h10-11H,3-9H2,1-2H3. The largest absolute Gasteiger partial charge is 0.353 e. The molecule has 0 aromatic heterocycles. The number of hydrogen-bond donors (Lipinski definition) is 0. The summed E-state index contributed by atoms with van der Waals surface area (Å²) in [5.74, 6) is 2.15. The van der Waals surface area contributed by atoms with E-state index in [1.54, 1.807) is 0 Å². The van der Waals surface area contributed by atoms with Gasteiger partial charge in [0.2, 0.25) is 0 Å². The molecule has 0 spiro atoms. The van der Waals surface area contributed by atoms with Crippen LogP contribution in [0.5, 0.6) is 0 Å². The van der Waals surface area contributed by atoms with E-state index >= 15 is 0 Å². The second-order valence-corrected chi connectivity index (χ2v) is 6.04. The molecule has 0 radical (unpaired) electrons. The molecule has 0 aromatic rings. The molecular formula is C11H22O3S. The Morgan fingerprint density at radius 3 is 2.53 bits per heavy atom. The zero-order valence-corrected chi connectivity index (χ0v) is 10.6. The Labute approximate surface area is 95.0 Å². The predicted octanol–water partition coefficient (Wildman–Crippen LogP) is 1.93. The van der Waals surface area contributed by atoms with Crippen molar-refractivity contribution in [3.8, 4) is 0 Å². The van der Waals surface area contributed by atoms with E-state index in [0.29, 0.717) is 11.7 Å². The first-order valence-corrected chi connectivity index (χ1v) is 7.25. The second kappa shape index (κ2) is 7.36. The quantitative estimate of drug-likeness (QED) is 0.704. The van der Waals surface area contributed by atoms with E-state index in [2.05, 4.69) is 13.8 Å². The summed E-state index contributed by atoms with van der Waals surface area (Å²) < 4.78 is 22.4. The van der Waals surface area contributed by atoms with Gasteiger partial charge in [-0.3, -0.25) is 4.21 Å². The summed E-state index contributed by atoms with van der Waals surface area (Å²) >= 11 is 0. The van der Waals surface area contributed by atoms with Crippen molar-refractivity contribution in [2.24, 2.45) is 5.92 Å². The van der Waals surface area contributed by atoms with Gasteiger partial charge in [-0.1, -0.05) is 13.8 Å². The Bertz CT molecular complexity index is 188. The van der Waals surface area contributed by atoms with E-state index in [9.17, 15) is 4.21 Å². The van der Waals surface area contributed by atoms with Gasteiger partial charge >= 0.3 is 0 Å². The third-order valence-corrected chi connectivity index (χ3v) is 3.78. The van der Waals surface area contributed by atoms with Gasteiger partial charge in [0, 0.05) is 28.7 Å². The van der Waals surface area contributed by atoms with Crippen molar-refractivity contribution >= 4 is 10.8 Å². The van der Waals surface area contributed by atoms with Crippen LogP contribution in [0.1, 0.15) is 33.1 Å². The van der Waals surface area contributed by atoms with Gasteiger partial charge in [0.05, 0.1) is 13.2 Å². The normalized spacial score (nSPS) is 20.7. The first kappa shape index (κ1) is 13.1. The van der Waals surface area contributed by atoms with Gasteiger partial charge < -0.3 is 9.47 Å². The molecule has 1 aliphatic rings. The molecule has 0 N–H and O–H groups in total. The summed E-state index contributed by atoms with van der Waals surface area (Å²) in [7, 11) is -0.702. The van der Waals surface area contributed by atoms with Gasteiger partial charge in [-0.2, -0.15) is 0 Å². The van der Waals surface area contributed by atoms with Gasteiger partial charge in [0.1, 0.15) is 0 Å². The van der Waals surface area contributed by atoms with Crippen LogP contribution in [0.4, 0.5) is 0 Å². The summed E-state index contributed by atoms with van der Waals surface area (Å²) in [6, 6.07) is 0. The molecule has 0 amide bonds. The zero-order chi connectivity index (χ0) is 11.1. The molecule has 90 valence electrons. The van der Waals surface area contributed by atoms with Crippen LogP contribution in [0, 0.1) is 5.92 Å². The summed E-state index contributed by atoms with van der Waals surface area (Å²) in [5, 5.41) is 0. The lowest BCUT2D eigenvalue weighted by molar-refractivity contribution is -0.178. The Morgan fingerprint density at radius 2 is 1.93 bits per heavy atom. The molecular weight excluding hydrogens is 212 g/mol. The molecule has 0 bridgehead atoms. The summed E-state index contributed by atoms with van der Waals surface area (Å²) in [5.41, 5.74) is 0. The van der Waals surface area contributed by atoms with Crippen molar-refractivity contribution in [1.29, 1.82) is 0 Å². The van der Waals surface area contributed by atoms with E-state index in [1.807, 2.05) is 0 Å². The second-order valence-electron chi connectivity index (χ2n) is 4.34. The maximum absolute atomic E-state index is 11.6. The van der Waals surface area contributed by atoms with Gasteiger partial charge in [-0.15, -0.1) is 0 Å². The number of rotatable bonds is 6. The highest BCUT2D eigenvalue weighted by Gasteiger charge is 2.15. The Morgan fingerprint density at radius 1 is 1.27 bits per heavy atom. The smallest absolute Gasteiger partial charge is 0.158 e. The molecule has 1 heterocycles. The highest BCUT2D eigenvalue weighted by atomic mass is 32.2. The third kappa shape index (κ3) is 6.28. The van der Waals surface area contributed by atoms with Gasteiger partial charge in [0.25, 0.3) is 0 Å². The van der Waals surface area contributed by atoms with Crippen molar-refractivity contribution in [3.05, 3.63) is 0 Å². The van der Waals surface area contributed by atoms with Crippen LogP contribution in [0.15, 0.2) is 0 Å². The molecule has 4 heteroatoms. The van der Waals surface area contributed by atoms with Gasteiger partial charge in [0.15, 0.2) is 6.29 Å². The zero-order valence-electron chi connectivity index (χ0n) is 9.74. The van der Waals surface area contributed by atoms with E-state index in [0.717, 1.165) is 38.2 Å². The van der Waals surface area contributed by atoms with Crippen molar-refractivity contribution in [2.75, 3.05) is 24.7 Å². The fourth-order valence-electron chi connectivity index (χ4n) is 1.40. The Hall–Kier alpha value is 0.0700. The van der Waals surface area contributed by atoms with E-state index in [-0.39, 0.29) is 6.29 Å². The molecule has 1 fully saturated rings. The first-order valence-electron chi connectivity index (χ1n) is 5.76. The lowest BCUT2D eigenvalue weighted by Gasteiger charge is -2.22. The van der Waals surface area contributed by atoms with E-state index < -0.39 is 10.8 Å². The molecule has 1 aliphatic heterocycles. The lowest BCUT2D eigenvalue weighted by Crippen LogP contribution is -2.26. The number of hydrogen-bond acceptors (Lipinski definition) is 3. The summed E-state index contributed by atoms with van der Waals surface area (Å²) in [4.78, 5) is 0. The maximum atomic E-state index is 11.6. The Kier molecular flexibility index (Phi) is 6.45. The molecule has 0 aliphatic carbocycles. The number of ether oxygens (including phenoxy) is 2. The fourth-order valence-corrected chi connectivity index (χ4v) is 2.79. The van der Waals surface area contributed by atoms with Crippen molar-refractivity contribution in [2.45, 2.75) is 39.4 Å². The average molecular weight is 234 g/mol. The minimum absolute atomic E-state index is 0.109. The van der Waals surface area contributed by atoms with E-state index in [4.69, 9.17) is 9.47 Å². The molecule has 1 rings (SSSR count). The molecule has 15 heavy (non-hydrogen) atoms. The molecule has 1 atom stereocenters. The minimum Gasteiger partial charge on any atom is -0.353 e. The molecule has 1 saturated heterocycles. The van der Waals surface area contributed by atoms with E-state index in [1.165, 1.54) is 0 Å². The van der Waals surface area contributed by atoms with Crippen molar-refractivity contribution < 1.29 is 13.7 Å². The van der Waals surface area contributed by atoms with Crippen LogP contribution in [0.2, 0.25) is 0 Å². The highest BCUT2D eigenvalue weighted by Crippen LogP contribution is 2.10.